The monoisotopic (exact) mass is 204 g/mol. The molecule has 1 aromatic rings. The predicted molar refractivity (Wildman–Crippen MR) is 70.1 cm³/mol. The van der Waals surface area contributed by atoms with Gasteiger partial charge in [-0.3, -0.25) is 0 Å². The van der Waals surface area contributed by atoms with Crippen LogP contribution in [0.1, 0.15) is 39.2 Å². The van der Waals surface area contributed by atoms with Crippen LogP contribution in [0.25, 0.3) is 0 Å². The highest BCUT2D eigenvalue weighted by Crippen LogP contribution is 2.11. The van der Waals surface area contributed by atoms with Gasteiger partial charge in [0.2, 0.25) is 0 Å². The Morgan fingerprint density at radius 3 is 2.27 bits per heavy atom. The topological polar surface area (TPSA) is 0 Å². The molecule has 1 atom stereocenters. The summed E-state index contributed by atoms with van der Waals surface area (Å²) in [5.41, 5.74) is 1.47. The number of hydrogen-bond acceptors (Lipinski definition) is 0. The Kier molecular flexibility index (Phi) is 8.85. The summed E-state index contributed by atoms with van der Waals surface area (Å²) >= 11 is 0. The first-order chi connectivity index (χ1) is 7.24. The second-order valence-electron chi connectivity index (χ2n) is 3.95. The fourth-order valence-electron chi connectivity index (χ4n) is 1.26. The molecule has 84 valence electrons. The third-order valence-corrected chi connectivity index (χ3v) is 2.47. The predicted octanol–water partition coefficient (Wildman–Crippen LogP) is 4.86. The Hall–Kier alpha value is -1.04. The zero-order chi connectivity index (χ0) is 11.5. The Balaban J connectivity index is 0.000000583. The van der Waals surface area contributed by atoms with E-state index in [1.165, 1.54) is 24.8 Å². The molecule has 0 amide bonds. The van der Waals surface area contributed by atoms with Gasteiger partial charge in [0, 0.05) is 0 Å². The Morgan fingerprint density at radius 1 is 1.27 bits per heavy atom. The maximum absolute atomic E-state index is 3.36. The molecule has 0 aliphatic heterocycles. The Bertz CT molecular complexity index is 235. The van der Waals surface area contributed by atoms with E-state index >= 15 is 0 Å². The standard InChI is InChI=1S/C12H18.C3H6/c1-3-11(2)9-10-12-7-5-4-6-8-12;1-3-2/h4-8,11H,3,9-10H2,1-2H3;3H,1H2,2H3/t11-;/m1./s1. The van der Waals surface area contributed by atoms with Crippen molar-refractivity contribution in [1.29, 1.82) is 0 Å². The van der Waals surface area contributed by atoms with Crippen LogP contribution in [0.4, 0.5) is 0 Å². The minimum atomic E-state index is 0.866. The molecule has 0 heterocycles. The van der Waals surface area contributed by atoms with E-state index in [1.807, 2.05) is 6.92 Å². The van der Waals surface area contributed by atoms with Gasteiger partial charge in [-0.1, -0.05) is 56.7 Å². The second-order valence-corrected chi connectivity index (χ2v) is 3.95. The third kappa shape index (κ3) is 7.99. The molecule has 0 aromatic heterocycles. The summed E-state index contributed by atoms with van der Waals surface area (Å²) in [7, 11) is 0. The van der Waals surface area contributed by atoms with Crippen LogP contribution in [0.2, 0.25) is 0 Å². The van der Waals surface area contributed by atoms with Crippen LogP contribution in [0.5, 0.6) is 0 Å². The van der Waals surface area contributed by atoms with E-state index < -0.39 is 0 Å². The first-order valence-corrected chi connectivity index (χ1v) is 5.85. The summed E-state index contributed by atoms with van der Waals surface area (Å²) in [6, 6.07) is 10.7. The van der Waals surface area contributed by atoms with Crippen LogP contribution in [0, 0.1) is 5.92 Å². The zero-order valence-corrected chi connectivity index (χ0v) is 10.4. The molecule has 0 aliphatic rings. The van der Waals surface area contributed by atoms with E-state index in [1.54, 1.807) is 6.08 Å². The van der Waals surface area contributed by atoms with Gasteiger partial charge in [0.15, 0.2) is 0 Å². The molecular weight excluding hydrogens is 180 g/mol. The normalized spacial score (nSPS) is 11.1. The molecule has 1 aromatic carbocycles. The lowest BCUT2D eigenvalue weighted by atomic mass is 9.99. The molecule has 0 heteroatoms. The molecule has 0 spiro atoms. The van der Waals surface area contributed by atoms with Crippen molar-refractivity contribution in [2.75, 3.05) is 0 Å². The smallest absolute Gasteiger partial charge is 0.0276 e. The molecule has 1 rings (SSSR count). The average Bonchev–Trinajstić information content (AvgIpc) is 2.28. The van der Waals surface area contributed by atoms with Gasteiger partial charge in [0.05, 0.1) is 0 Å². The summed E-state index contributed by atoms with van der Waals surface area (Å²) in [6.07, 6.45) is 5.60. The van der Waals surface area contributed by atoms with E-state index in [4.69, 9.17) is 0 Å². The van der Waals surface area contributed by atoms with Crippen LogP contribution in [-0.2, 0) is 6.42 Å². The van der Waals surface area contributed by atoms with E-state index in [-0.39, 0.29) is 0 Å². The highest BCUT2D eigenvalue weighted by Gasteiger charge is 1.98. The van der Waals surface area contributed by atoms with Gasteiger partial charge < -0.3 is 0 Å². The second kappa shape index (κ2) is 9.51. The number of aryl methyl sites for hydroxylation is 1. The molecule has 0 fully saturated rings. The summed E-state index contributed by atoms with van der Waals surface area (Å²) in [5, 5.41) is 0. The Morgan fingerprint density at radius 2 is 1.80 bits per heavy atom. The van der Waals surface area contributed by atoms with Crippen LogP contribution < -0.4 is 0 Å². The van der Waals surface area contributed by atoms with Gasteiger partial charge in [-0.15, -0.1) is 6.58 Å². The molecular formula is C15H24. The van der Waals surface area contributed by atoms with Gasteiger partial charge in [-0.2, -0.15) is 0 Å². The molecule has 0 saturated heterocycles. The highest BCUT2D eigenvalue weighted by molar-refractivity contribution is 5.14. The van der Waals surface area contributed by atoms with E-state index in [2.05, 4.69) is 50.8 Å². The first-order valence-electron chi connectivity index (χ1n) is 5.85. The minimum Gasteiger partial charge on any atom is -0.103 e. The van der Waals surface area contributed by atoms with E-state index in [9.17, 15) is 0 Å². The van der Waals surface area contributed by atoms with Crippen LogP contribution in [0.15, 0.2) is 43.0 Å². The van der Waals surface area contributed by atoms with Crippen molar-refractivity contribution in [2.45, 2.75) is 40.0 Å². The summed E-state index contributed by atoms with van der Waals surface area (Å²) in [6.45, 7) is 9.83. The number of hydrogen-bond donors (Lipinski definition) is 0. The van der Waals surface area contributed by atoms with Gasteiger partial charge in [0.1, 0.15) is 0 Å². The van der Waals surface area contributed by atoms with Gasteiger partial charge in [-0.25, -0.2) is 0 Å². The largest absolute Gasteiger partial charge is 0.103 e. The van der Waals surface area contributed by atoms with Crippen molar-refractivity contribution in [2.24, 2.45) is 5.92 Å². The van der Waals surface area contributed by atoms with Crippen molar-refractivity contribution in [3.05, 3.63) is 48.6 Å². The van der Waals surface area contributed by atoms with E-state index in [0.717, 1.165) is 5.92 Å². The molecule has 0 bridgehead atoms. The van der Waals surface area contributed by atoms with Crippen molar-refractivity contribution >= 4 is 0 Å². The van der Waals surface area contributed by atoms with Crippen molar-refractivity contribution in [3.63, 3.8) is 0 Å². The highest BCUT2D eigenvalue weighted by atomic mass is 14.0. The summed E-state index contributed by atoms with van der Waals surface area (Å²) < 4.78 is 0. The molecule has 0 N–H and O–H groups in total. The van der Waals surface area contributed by atoms with Gasteiger partial charge in [0.25, 0.3) is 0 Å². The molecule has 0 aliphatic carbocycles. The van der Waals surface area contributed by atoms with Crippen molar-refractivity contribution in [3.8, 4) is 0 Å². The average molecular weight is 204 g/mol. The quantitative estimate of drug-likeness (QED) is 0.614. The van der Waals surface area contributed by atoms with Crippen molar-refractivity contribution < 1.29 is 0 Å². The number of allylic oxidation sites excluding steroid dienone is 1. The van der Waals surface area contributed by atoms with Crippen LogP contribution >= 0.6 is 0 Å². The van der Waals surface area contributed by atoms with Gasteiger partial charge >= 0.3 is 0 Å². The first kappa shape index (κ1) is 14.0. The lowest BCUT2D eigenvalue weighted by Gasteiger charge is -2.07. The molecule has 0 unspecified atom stereocenters. The molecule has 15 heavy (non-hydrogen) atoms. The zero-order valence-electron chi connectivity index (χ0n) is 10.4. The maximum atomic E-state index is 3.36. The minimum absolute atomic E-state index is 0.866. The summed E-state index contributed by atoms with van der Waals surface area (Å²) in [4.78, 5) is 0. The summed E-state index contributed by atoms with van der Waals surface area (Å²) in [5.74, 6) is 0.866. The van der Waals surface area contributed by atoms with Crippen molar-refractivity contribution in [1.82, 2.24) is 0 Å². The number of benzene rings is 1. The lowest BCUT2D eigenvalue weighted by Crippen LogP contribution is -1.94. The fourth-order valence-corrected chi connectivity index (χ4v) is 1.26. The third-order valence-electron chi connectivity index (χ3n) is 2.47. The number of rotatable bonds is 4. The lowest BCUT2D eigenvalue weighted by molar-refractivity contribution is 0.516. The fraction of sp³-hybridized carbons (Fsp3) is 0.467. The van der Waals surface area contributed by atoms with E-state index in [0.29, 0.717) is 0 Å². The molecule has 0 radical (unpaired) electrons. The molecule has 0 nitrogen and oxygen atoms in total. The van der Waals surface area contributed by atoms with Crippen LogP contribution in [-0.4, -0.2) is 0 Å². The maximum Gasteiger partial charge on any atom is -0.0276 e. The Labute approximate surface area is 95.0 Å². The van der Waals surface area contributed by atoms with Gasteiger partial charge in [-0.05, 0) is 31.2 Å². The SMILES string of the molecule is C=CC.CC[C@@H](C)CCc1ccccc1. The molecule has 0 saturated carbocycles. The van der Waals surface area contributed by atoms with Crippen LogP contribution in [0.3, 0.4) is 0 Å².